The van der Waals surface area contributed by atoms with Gasteiger partial charge in [0, 0.05) is 36.9 Å². The van der Waals surface area contributed by atoms with E-state index in [-0.39, 0.29) is 10.9 Å². The largest absolute Gasteiger partial charge is 0.477 e. The van der Waals surface area contributed by atoms with Crippen LogP contribution in [0.3, 0.4) is 0 Å². The van der Waals surface area contributed by atoms with E-state index < -0.39 is 11.4 Å². The SMILES string of the molecule is CN[C@@H]1CCN(c2ccc3c(=O)c(C(=O)O)cn(-c4nccs4)c3n2)C1. The van der Waals surface area contributed by atoms with Gasteiger partial charge in [-0.3, -0.25) is 9.36 Å². The van der Waals surface area contributed by atoms with E-state index in [0.29, 0.717) is 16.8 Å². The third-order valence-electron chi connectivity index (χ3n) is 4.61. The molecule has 0 aliphatic carbocycles. The number of carboxylic acid groups (broad SMARTS) is 1. The van der Waals surface area contributed by atoms with Gasteiger partial charge in [0.05, 0.1) is 5.39 Å². The number of rotatable bonds is 4. The highest BCUT2D eigenvalue weighted by atomic mass is 32.1. The normalized spacial score (nSPS) is 17.1. The number of nitrogens with one attached hydrogen (secondary N) is 1. The maximum Gasteiger partial charge on any atom is 0.341 e. The highest BCUT2D eigenvalue weighted by Gasteiger charge is 2.23. The highest BCUT2D eigenvalue weighted by molar-refractivity contribution is 7.12. The van der Waals surface area contributed by atoms with E-state index in [9.17, 15) is 14.7 Å². The van der Waals surface area contributed by atoms with E-state index in [4.69, 9.17) is 0 Å². The zero-order valence-corrected chi connectivity index (χ0v) is 14.9. The molecule has 1 atom stereocenters. The van der Waals surface area contributed by atoms with Crippen molar-refractivity contribution in [3.8, 4) is 5.13 Å². The predicted octanol–water partition coefficient (Wildman–Crippen LogP) is 1.34. The van der Waals surface area contributed by atoms with Crippen LogP contribution in [0.4, 0.5) is 5.82 Å². The standard InChI is InChI=1S/C17H17N5O3S/c1-18-10-4-6-21(8-10)13-3-2-11-14(23)12(16(24)25)9-22(15(11)20-13)17-19-5-7-26-17/h2-3,5,7,9-10,18H,4,6,8H2,1H3,(H,24,25)/t10-/m1/s1. The van der Waals surface area contributed by atoms with Gasteiger partial charge in [-0.25, -0.2) is 14.8 Å². The van der Waals surface area contributed by atoms with Gasteiger partial charge in [0.25, 0.3) is 0 Å². The van der Waals surface area contributed by atoms with Crippen molar-refractivity contribution < 1.29 is 9.90 Å². The zero-order valence-electron chi connectivity index (χ0n) is 14.0. The van der Waals surface area contributed by atoms with Crippen LogP contribution < -0.4 is 15.6 Å². The topological polar surface area (TPSA) is 100 Å². The van der Waals surface area contributed by atoms with Crippen molar-refractivity contribution in [2.24, 2.45) is 0 Å². The van der Waals surface area contributed by atoms with E-state index in [1.807, 2.05) is 7.05 Å². The fourth-order valence-corrected chi connectivity index (χ4v) is 3.82. The van der Waals surface area contributed by atoms with Gasteiger partial charge in [-0.15, -0.1) is 11.3 Å². The van der Waals surface area contributed by atoms with E-state index in [1.54, 1.807) is 28.3 Å². The van der Waals surface area contributed by atoms with Crippen molar-refractivity contribution in [2.75, 3.05) is 25.0 Å². The summed E-state index contributed by atoms with van der Waals surface area (Å²) < 4.78 is 1.58. The van der Waals surface area contributed by atoms with Crippen LogP contribution in [0.15, 0.2) is 34.7 Å². The molecule has 1 saturated heterocycles. The Morgan fingerprint density at radius 3 is 2.92 bits per heavy atom. The summed E-state index contributed by atoms with van der Waals surface area (Å²) in [5.41, 5.74) is -0.409. The minimum atomic E-state index is -1.26. The predicted molar refractivity (Wildman–Crippen MR) is 99.6 cm³/mol. The van der Waals surface area contributed by atoms with Gasteiger partial charge in [0.1, 0.15) is 11.4 Å². The Labute approximate surface area is 152 Å². The Morgan fingerprint density at radius 1 is 1.42 bits per heavy atom. The monoisotopic (exact) mass is 371 g/mol. The molecule has 26 heavy (non-hydrogen) atoms. The Kier molecular flexibility index (Phi) is 4.17. The lowest BCUT2D eigenvalue weighted by Crippen LogP contribution is -2.30. The van der Waals surface area contributed by atoms with Gasteiger partial charge in [-0.05, 0) is 25.6 Å². The molecule has 0 radical (unpaired) electrons. The van der Waals surface area contributed by atoms with Gasteiger partial charge in [0.15, 0.2) is 10.8 Å². The van der Waals surface area contributed by atoms with Crippen LogP contribution in [-0.4, -0.2) is 51.8 Å². The number of carbonyl (C=O) groups is 1. The third-order valence-corrected chi connectivity index (χ3v) is 5.38. The van der Waals surface area contributed by atoms with Crippen LogP contribution in [0.25, 0.3) is 16.2 Å². The average molecular weight is 371 g/mol. The van der Waals surface area contributed by atoms with Crippen LogP contribution in [0.5, 0.6) is 0 Å². The van der Waals surface area contributed by atoms with Crippen LogP contribution in [0.2, 0.25) is 0 Å². The lowest BCUT2D eigenvalue weighted by molar-refractivity contribution is 0.0695. The number of carboxylic acids is 1. The molecule has 0 aromatic carbocycles. The first-order chi connectivity index (χ1) is 12.6. The number of pyridine rings is 2. The summed E-state index contributed by atoms with van der Waals surface area (Å²) in [5.74, 6) is -0.495. The number of nitrogens with zero attached hydrogens (tertiary/aromatic N) is 4. The maximum atomic E-state index is 12.5. The van der Waals surface area contributed by atoms with E-state index in [1.165, 1.54) is 17.5 Å². The number of thiazole rings is 1. The fraction of sp³-hybridized carbons (Fsp3) is 0.294. The second-order valence-corrected chi connectivity index (χ2v) is 7.00. The Bertz CT molecular complexity index is 1030. The van der Waals surface area contributed by atoms with Gasteiger partial charge in [-0.1, -0.05) is 0 Å². The van der Waals surface area contributed by atoms with E-state index in [0.717, 1.165) is 25.3 Å². The summed E-state index contributed by atoms with van der Waals surface area (Å²) in [6, 6.07) is 3.84. The summed E-state index contributed by atoms with van der Waals surface area (Å²) in [5, 5.41) is 15.3. The van der Waals surface area contributed by atoms with Crippen LogP contribution in [0, 0.1) is 0 Å². The number of aromatic carboxylic acids is 1. The summed E-state index contributed by atoms with van der Waals surface area (Å²) in [6.07, 6.45) is 3.96. The first-order valence-electron chi connectivity index (χ1n) is 8.20. The molecular weight excluding hydrogens is 354 g/mol. The molecular formula is C17H17N5O3S. The number of fused-ring (bicyclic) bond motifs is 1. The molecule has 134 valence electrons. The summed E-state index contributed by atoms with van der Waals surface area (Å²) >= 11 is 1.35. The molecule has 0 saturated carbocycles. The smallest absolute Gasteiger partial charge is 0.341 e. The molecule has 1 fully saturated rings. The third kappa shape index (κ3) is 2.74. The Hall–Kier alpha value is -2.78. The molecule has 1 aliphatic rings. The van der Waals surface area contributed by atoms with Gasteiger partial charge >= 0.3 is 5.97 Å². The van der Waals surface area contributed by atoms with Gasteiger partial charge in [-0.2, -0.15) is 0 Å². The molecule has 0 unspecified atom stereocenters. The summed E-state index contributed by atoms with van der Waals surface area (Å²) in [4.78, 5) is 35.1. The first kappa shape index (κ1) is 16.7. The van der Waals surface area contributed by atoms with Crippen LogP contribution in [0.1, 0.15) is 16.8 Å². The molecule has 3 aromatic heterocycles. The minimum Gasteiger partial charge on any atom is -0.477 e. The number of hydrogen-bond donors (Lipinski definition) is 2. The molecule has 8 nitrogen and oxygen atoms in total. The molecule has 9 heteroatoms. The Morgan fingerprint density at radius 2 is 2.27 bits per heavy atom. The highest BCUT2D eigenvalue weighted by Crippen LogP contribution is 2.23. The molecule has 0 spiro atoms. The van der Waals surface area contributed by atoms with Crippen molar-refractivity contribution in [1.82, 2.24) is 19.9 Å². The minimum absolute atomic E-state index is 0.271. The van der Waals surface area contributed by atoms with Crippen molar-refractivity contribution in [1.29, 1.82) is 0 Å². The van der Waals surface area contributed by atoms with Crippen molar-refractivity contribution in [3.63, 3.8) is 0 Å². The van der Waals surface area contributed by atoms with Crippen LogP contribution >= 0.6 is 11.3 Å². The number of anilines is 1. The first-order valence-corrected chi connectivity index (χ1v) is 9.08. The molecule has 4 heterocycles. The quantitative estimate of drug-likeness (QED) is 0.714. The summed E-state index contributed by atoms with van der Waals surface area (Å²) in [7, 11) is 1.94. The lowest BCUT2D eigenvalue weighted by Gasteiger charge is -2.18. The summed E-state index contributed by atoms with van der Waals surface area (Å²) in [6.45, 7) is 1.71. The fourth-order valence-electron chi connectivity index (χ4n) is 3.21. The molecule has 0 amide bonds. The molecule has 0 bridgehead atoms. The van der Waals surface area contributed by atoms with Crippen molar-refractivity contribution >= 4 is 34.2 Å². The van der Waals surface area contributed by atoms with E-state index >= 15 is 0 Å². The van der Waals surface area contributed by atoms with Crippen molar-refractivity contribution in [2.45, 2.75) is 12.5 Å². The molecule has 1 aliphatic heterocycles. The second kappa shape index (κ2) is 6.50. The maximum absolute atomic E-state index is 12.5. The Balaban J connectivity index is 1.91. The van der Waals surface area contributed by atoms with Crippen molar-refractivity contribution in [3.05, 3.63) is 45.7 Å². The number of likely N-dealkylation sites (N-methyl/N-ethyl adjacent to an activating group) is 1. The lowest BCUT2D eigenvalue weighted by atomic mass is 10.2. The number of aromatic nitrogens is 3. The van der Waals surface area contributed by atoms with Crippen LogP contribution in [-0.2, 0) is 0 Å². The van der Waals surface area contributed by atoms with E-state index in [2.05, 4.69) is 20.2 Å². The molecule has 4 rings (SSSR count). The number of hydrogen-bond acceptors (Lipinski definition) is 7. The zero-order chi connectivity index (χ0) is 18.3. The molecule has 3 aromatic rings. The van der Waals surface area contributed by atoms with Gasteiger partial charge < -0.3 is 15.3 Å². The van der Waals surface area contributed by atoms with Gasteiger partial charge in [0.2, 0.25) is 5.43 Å². The second-order valence-electron chi connectivity index (χ2n) is 6.12. The average Bonchev–Trinajstić information content (AvgIpc) is 3.33. The molecule has 2 N–H and O–H groups in total.